The van der Waals surface area contributed by atoms with Crippen molar-refractivity contribution in [2.24, 2.45) is 0 Å². The van der Waals surface area contributed by atoms with E-state index in [9.17, 15) is 9.50 Å². The molecule has 0 bridgehead atoms. The van der Waals surface area contributed by atoms with Crippen LogP contribution in [0.25, 0.3) is 0 Å². The van der Waals surface area contributed by atoms with E-state index >= 15 is 0 Å². The van der Waals surface area contributed by atoms with Crippen LogP contribution in [0.3, 0.4) is 0 Å². The van der Waals surface area contributed by atoms with Crippen molar-refractivity contribution in [3.05, 3.63) is 109 Å². The third kappa shape index (κ3) is 4.02. The van der Waals surface area contributed by atoms with E-state index in [2.05, 4.69) is 24.3 Å². The van der Waals surface area contributed by atoms with E-state index < -0.39 is 5.82 Å². The van der Waals surface area contributed by atoms with Gasteiger partial charge in [-0.1, -0.05) is 36.4 Å². The Morgan fingerprint density at radius 2 is 1.18 bits per heavy atom. The van der Waals surface area contributed by atoms with Crippen LogP contribution >= 0.6 is 0 Å². The number of halogens is 1. The molecule has 0 aliphatic carbocycles. The van der Waals surface area contributed by atoms with Gasteiger partial charge in [0.1, 0.15) is 11.5 Å². The Hall–Kier alpha value is -3.24. The standard InChI is InChI=1S/C24H17FO2S/c25-23-17-18(26)11-16-24(23)27-19-12-14-22(15-13-19)28(20-7-3-1-4-8-20)21-9-5-2-6-10-21/h1-17H/p+1. The van der Waals surface area contributed by atoms with Gasteiger partial charge < -0.3 is 9.84 Å². The van der Waals surface area contributed by atoms with E-state index in [1.165, 1.54) is 21.9 Å². The van der Waals surface area contributed by atoms with Gasteiger partial charge in [0.25, 0.3) is 0 Å². The van der Waals surface area contributed by atoms with Crippen LogP contribution in [0.2, 0.25) is 0 Å². The first-order valence-electron chi connectivity index (χ1n) is 8.81. The Labute approximate surface area is 166 Å². The molecule has 0 saturated heterocycles. The van der Waals surface area contributed by atoms with Crippen LogP contribution in [0.15, 0.2) is 118 Å². The zero-order valence-corrected chi connectivity index (χ0v) is 15.8. The SMILES string of the molecule is Oc1ccc(Oc2ccc([S+](c3ccccc3)c3ccccc3)cc2)c(F)c1. The quantitative estimate of drug-likeness (QED) is 0.399. The molecule has 4 rings (SSSR count). The minimum Gasteiger partial charge on any atom is -0.508 e. The van der Waals surface area contributed by atoms with Crippen molar-refractivity contribution in [1.82, 2.24) is 0 Å². The maximum atomic E-state index is 13.9. The fourth-order valence-corrected chi connectivity index (χ4v) is 4.95. The number of phenols is 1. The molecule has 0 radical (unpaired) electrons. The van der Waals surface area contributed by atoms with Gasteiger partial charge in [0.05, 0.1) is 10.9 Å². The van der Waals surface area contributed by atoms with Crippen LogP contribution in [-0.2, 0) is 10.9 Å². The average Bonchev–Trinajstić information content (AvgIpc) is 2.73. The molecule has 0 unspecified atom stereocenters. The number of benzene rings is 4. The van der Waals surface area contributed by atoms with Crippen LogP contribution in [0.5, 0.6) is 17.2 Å². The fourth-order valence-electron chi connectivity index (χ4n) is 2.86. The Bertz CT molecular complexity index is 1010. The molecule has 0 atom stereocenters. The average molecular weight is 389 g/mol. The Morgan fingerprint density at radius 3 is 1.71 bits per heavy atom. The summed E-state index contributed by atoms with van der Waals surface area (Å²) in [6, 6.07) is 32.3. The van der Waals surface area contributed by atoms with Gasteiger partial charge in [-0.15, -0.1) is 0 Å². The van der Waals surface area contributed by atoms with Gasteiger partial charge in [-0.25, -0.2) is 4.39 Å². The van der Waals surface area contributed by atoms with E-state index in [1.807, 2.05) is 60.7 Å². The molecular weight excluding hydrogens is 371 g/mol. The van der Waals surface area contributed by atoms with Gasteiger partial charge in [-0.05, 0) is 60.7 Å². The Kier molecular flexibility index (Phi) is 5.31. The predicted molar refractivity (Wildman–Crippen MR) is 110 cm³/mol. The van der Waals surface area contributed by atoms with Gasteiger partial charge in [0, 0.05) is 6.07 Å². The smallest absolute Gasteiger partial charge is 0.169 e. The summed E-state index contributed by atoms with van der Waals surface area (Å²) in [7, 11) is -0.240. The van der Waals surface area contributed by atoms with Crippen LogP contribution in [0, 0.1) is 5.82 Å². The molecule has 0 saturated carbocycles. The minimum atomic E-state index is -0.600. The summed E-state index contributed by atoms with van der Waals surface area (Å²) in [5, 5.41) is 9.32. The highest BCUT2D eigenvalue weighted by Crippen LogP contribution is 2.33. The highest BCUT2D eigenvalue weighted by Gasteiger charge is 2.28. The molecule has 0 heterocycles. The van der Waals surface area contributed by atoms with Crippen LogP contribution in [0.4, 0.5) is 4.39 Å². The van der Waals surface area contributed by atoms with Gasteiger partial charge in [0.15, 0.2) is 26.3 Å². The second-order valence-electron chi connectivity index (χ2n) is 6.12. The van der Waals surface area contributed by atoms with Crippen molar-refractivity contribution in [2.75, 3.05) is 0 Å². The van der Waals surface area contributed by atoms with Crippen molar-refractivity contribution >= 4 is 10.9 Å². The molecule has 4 heteroatoms. The van der Waals surface area contributed by atoms with Crippen molar-refractivity contribution < 1.29 is 14.2 Å². The number of aromatic hydroxyl groups is 1. The van der Waals surface area contributed by atoms with Gasteiger partial charge in [-0.3, -0.25) is 0 Å². The highest BCUT2D eigenvalue weighted by atomic mass is 32.2. The van der Waals surface area contributed by atoms with Gasteiger partial charge in [0.2, 0.25) is 0 Å². The molecule has 0 spiro atoms. The van der Waals surface area contributed by atoms with Gasteiger partial charge >= 0.3 is 0 Å². The van der Waals surface area contributed by atoms with Crippen LogP contribution < -0.4 is 4.74 Å². The lowest BCUT2D eigenvalue weighted by Crippen LogP contribution is -2.04. The summed E-state index contributed by atoms with van der Waals surface area (Å²) in [5.74, 6) is -0.110. The van der Waals surface area contributed by atoms with Crippen molar-refractivity contribution in [3.8, 4) is 17.2 Å². The first-order valence-corrected chi connectivity index (χ1v) is 10.0. The number of hydrogen-bond donors (Lipinski definition) is 1. The minimum absolute atomic E-state index is 0.0793. The summed E-state index contributed by atoms with van der Waals surface area (Å²) in [6.07, 6.45) is 0. The second kappa shape index (κ2) is 8.19. The molecule has 4 aromatic carbocycles. The predicted octanol–water partition coefficient (Wildman–Crippen LogP) is 6.42. The molecule has 2 nitrogen and oxygen atoms in total. The molecule has 138 valence electrons. The number of phenolic OH excluding ortho intramolecular Hbond substituents is 1. The number of hydrogen-bond acceptors (Lipinski definition) is 2. The molecule has 0 amide bonds. The van der Waals surface area contributed by atoms with E-state index in [0.29, 0.717) is 5.75 Å². The summed E-state index contributed by atoms with van der Waals surface area (Å²) >= 11 is 0. The Morgan fingerprint density at radius 1 is 0.643 bits per heavy atom. The third-order valence-corrected chi connectivity index (χ3v) is 6.39. The molecule has 0 aromatic heterocycles. The second-order valence-corrected chi connectivity index (χ2v) is 8.15. The normalized spacial score (nSPS) is 10.8. The number of rotatable bonds is 5. The summed E-state index contributed by atoms with van der Waals surface area (Å²) in [4.78, 5) is 3.61. The molecule has 0 aliphatic rings. The lowest BCUT2D eigenvalue weighted by atomic mass is 10.3. The fraction of sp³-hybridized carbons (Fsp3) is 0. The molecule has 1 N–H and O–H groups in total. The van der Waals surface area contributed by atoms with E-state index in [1.54, 1.807) is 0 Å². The van der Waals surface area contributed by atoms with Crippen molar-refractivity contribution in [2.45, 2.75) is 14.7 Å². The zero-order valence-electron chi connectivity index (χ0n) is 15.0. The van der Waals surface area contributed by atoms with Crippen molar-refractivity contribution in [1.29, 1.82) is 0 Å². The first-order chi connectivity index (χ1) is 13.7. The number of ether oxygens (including phenoxy) is 1. The zero-order chi connectivity index (χ0) is 19.3. The monoisotopic (exact) mass is 389 g/mol. The largest absolute Gasteiger partial charge is 0.508 e. The van der Waals surface area contributed by atoms with Crippen molar-refractivity contribution in [3.63, 3.8) is 0 Å². The molecule has 0 aliphatic heterocycles. The van der Waals surface area contributed by atoms with Crippen LogP contribution in [0.1, 0.15) is 0 Å². The topological polar surface area (TPSA) is 29.5 Å². The molecular formula is C24H18FO2S+. The highest BCUT2D eigenvalue weighted by molar-refractivity contribution is 7.97. The summed E-state index contributed by atoms with van der Waals surface area (Å²) in [5.41, 5.74) is 0. The first kappa shape index (κ1) is 18.1. The molecule has 0 fully saturated rings. The maximum Gasteiger partial charge on any atom is 0.169 e. The lowest BCUT2D eigenvalue weighted by Gasteiger charge is -2.10. The Balaban J connectivity index is 1.65. The maximum absolute atomic E-state index is 13.9. The van der Waals surface area contributed by atoms with Crippen LogP contribution in [-0.4, -0.2) is 5.11 Å². The van der Waals surface area contributed by atoms with E-state index in [4.69, 9.17) is 4.74 Å². The van der Waals surface area contributed by atoms with E-state index in [0.717, 1.165) is 11.0 Å². The molecule has 4 aromatic rings. The van der Waals surface area contributed by atoms with Gasteiger partial charge in [-0.2, -0.15) is 0 Å². The third-order valence-electron chi connectivity index (χ3n) is 4.16. The summed E-state index contributed by atoms with van der Waals surface area (Å²) < 4.78 is 19.5. The summed E-state index contributed by atoms with van der Waals surface area (Å²) in [6.45, 7) is 0. The molecule has 28 heavy (non-hydrogen) atoms. The lowest BCUT2D eigenvalue weighted by molar-refractivity contribution is 0.429. The van der Waals surface area contributed by atoms with E-state index in [-0.39, 0.29) is 22.4 Å².